The van der Waals surface area contributed by atoms with Gasteiger partial charge >= 0.3 is 5.97 Å². The summed E-state index contributed by atoms with van der Waals surface area (Å²) in [6.07, 6.45) is 0.903. The van der Waals surface area contributed by atoms with Gasteiger partial charge in [-0.15, -0.1) is 0 Å². The van der Waals surface area contributed by atoms with Crippen LogP contribution in [0.15, 0.2) is 72.8 Å². The summed E-state index contributed by atoms with van der Waals surface area (Å²) in [5.74, 6) is 0.442. The lowest BCUT2D eigenvalue weighted by atomic mass is 10.0. The van der Waals surface area contributed by atoms with Crippen molar-refractivity contribution in [1.82, 2.24) is 5.32 Å². The highest BCUT2D eigenvalue weighted by Crippen LogP contribution is 2.40. The monoisotopic (exact) mass is 577 g/mol. The number of benzene rings is 3. The lowest BCUT2D eigenvalue weighted by molar-refractivity contribution is -0.139. The zero-order valence-corrected chi connectivity index (χ0v) is 26.7. The van der Waals surface area contributed by atoms with Crippen molar-refractivity contribution in [2.75, 3.05) is 13.7 Å². The molecule has 0 fully saturated rings. The highest BCUT2D eigenvalue weighted by Gasteiger charge is 2.39. The second-order valence-corrected chi connectivity index (χ2v) is 17.0. The van der Waals surface area contributed by atoms with E-state index in [-0.39, 0.29) is 36.2 Å². The Balaban J connectivity index is 1.76. The molecule has 0 bridgehead atoms. The average Bonchev–Trinajstić information content (AvgIpc) is 2.94. The van der Waals surface area contributed by atoms with Gasteiger partial charge in [-0.2, -0.15) is 0 Å². The molecule has 41 heavy (non-hydrogen) atoms. The molecule has 2 atom stereocenters. The first-order valence-corrected chi connectivity index (χ1v) is 17.3. The SMILES string of the molecule is COC(=O)Cc1cccc(C[C@@H](C)NC[C@H](O[Si](C)(C)C(C)(C)C)c2ccc(OCc3ccccc3)c(CO)c2)c1. The van der Waals surface area contributed by atoms with E-state index >= 15 is 0 Å². The van der Waals surface area contributed by atoms with Gasteiger partial charge in [0, 0.05) is 18.2 Å². The van der Waals surface area contributed by atoms with Crippen LogP contribution in [0, 0.1) is 0 Å². The van der Waals surface area contributed by atoms with Crippen molar-refractivity contribution in [3.05, 3.63) is 101 Å². The maximum Gasteiger partial charge on any atom is 0.309 e. The number of ether oxygens (including phenoxy) is 2. The molecule has 0 heterocycles. The smallest absolute Gasteiger partial charge is 0.309 e. The van der Waals surface area contributed by atoms with E-state index in [0.29, 0.717) is 18.9 Å². The summed E-state index contributed by atoms with van der Waals surface area (Å²) in [6.45, 7) is 14.4. The van der Waals surface area contributed by atoms with Gasteiger partial charge in [0.15, 0.2) is 8.32 Å². The van der Waals surface area contributed by atoms with Crippen LogP contribution in [-0.4, -0.2) is 39.1 Å². The van der Waals surface area contributed by atoms with Gasteiger partial charge < -0.3 is 24.3 Å². The van der Waals surface area contributed by atoms with E-state index in [1.807, 2.05) is 54.6 Å². The summed E-state index contributed by atoms with van der Waals surface area (Å²) in [4.78, 5) is 11.7. The van der Waals surface area contributed by atoms with Crippen LogP contribution in [0.3, 0.4) is 0 Å². The van der Waals surface area contributed by atoms with Gasteiger partial charge in [-0.1, -0.05) is 81.4 Å². The average molecular weight is 578 g/mol. The van der Waals surface area contributed by atoms with Crippen LogP contribution in [0.5, 0.6) is 5.75 Å². The van der Waals surface area contributed by atoms with Gasteiger partial charge in [0.05, 0.1) is 26.2 Å². The molecule has 3 aromatic carbocycles. The number of aliphatic hydroxyl groups is 1. The van der Waals surface area contributed by atoms with Crippen molar-refractivity contribution in [3.8, 4) is 5.75 Å². The highest BCUT2D eigenvalue weighted by molar-refractivity contribution is 6.74. The van der Waals surface area contributed by atoms with E-state index in [1.54, 1.807) is 0 Å². The minimum Gasteiger partial charge on any atom is -0.489 e. The summed E-state index contributed by atoms with van der Waals surface area (Å²) >= 11 is 0. The number of carbonyl (C=O) groups excluding carboxylic acids is 1. The minimum atomic E-state index is -2.10. The fraction of sp³-hybridized carbons (Fsp3) is 0.441. The van der Waals surface area contributed by atoms with Crippen LogP contribution in [0.1, 0.15) is 61.6 Å². The molecular formula is C34H47NO5Si. The molecule has 7 heteroatoms. The molecule has 0 aliphatic heterocycles. The Bertz CT molecular complexity index is 1260. The Labute approximate surface area is 247 Å². The van der Waals surface area contributed by atoms with E-state index < -0.39 is 8.32 Å². The molecule has 2 N–H and O–H groups in total. The number of carbonyl (C=O) groups is 1. The quantitative estimate of drug-likeness (QED) is 0.163. The summed E-state index contributed by atoms with van der Waals surface area (Å²) in [7, 11) is -0.690. The second-order valence-electron chi connectivity index (χ2n) is 12.3. The summed E-state index contributed by atoms with van der Waals surface area (Å²) in [5, 5.41) is 13.9. The third-order valence-electron chi connectivity index (χ3n) is 7.87. The molecule has 0 saturated carbocycles. The second kappa shape index (κ2) is 14.8. The van der Waals surface area contributed by atoms with Gasteiger partial charge in [-0.3, -0.25) is 4.79 Å². The number of rotatable bonds is 14. The Morgan fingerprint density at radius 2 is 1.63 bits per heavy atom. The molecule has 0 aliphatic rings. The number of methoxy groups -OCH3 is 1. The molecule has 222 valence electrons. The molecule has 0 radical (unpaired) electrons. The normalized spacial score (nSPS) is 13.5. The van der Waals surface area contributed by atoms with E-state index in [1.165, 1.54) is 7.11 Å². The molecule has 0 unspecified atom stereocenters. The fourth-order valence-corrected chi connectivity index (χ4v) is 5.68. The van der Waals surface area contributed by atoms with Crippen LogP contribution in [0.25, 0.3) is 0 Å². The third kappa shape index (κ3) is 9.82. The van der Waals surface area contributed by atoms with Crippen molar-refractivity contribution < 1.29 is 23.8 Å². The summed E-state index contributed by atoms with van der Waals surface area (Å²) in [5.41, 5.74) is 4.96. The van der Waals surface area contributed by atoms with E-state index in [0.717, 1.165) is 34.2 Å². The van der Waals surface area contributed by atoms with E-state index in [9.17, 15) is 9.90 Å². The van der Waals surface area contributed by atoms with Crippen molar-refractivity contribution in [1.29, 1.82) is 0 Å². The largest absolute Gasteiger partial charge is 0.489 e. The zero-order valence-electron chi connectivity index (χ0n) is 25.7. The molecule has 0 saturated heterocycles. The van der Waals surface area contributed by atoms with Crippen molar-refractivity contribution in [3.63, 3.8) is 0 Å². The molecule has 6 nitrogen and oxygen atoms in total. The Hall–Kier alpha value is -2.97. The maximum absolute atomic E-state index is 11.7. The van der Waals surface area contributed by atoms with Crippen molar-refractivity contribution >= 4 is 14.3 Å². The first kappa shape index (κ1) is 32.5. The maximum atomic E-state index is 11.7. The Morgan fingerprint density at radius 3 is 2.29 bits per heavy atom. The Kier molecular flexibility index (Phi) is 11.7. The fourth-order valence-electron chi connectivity index (χ4n) is 4.40. The van der Waals surface area contributed by atoms with Crippen LogP contribution in [0.4, 0.5) is 0 Å². The van der Waals surface area contributed by atoms with Crippen LogP contribution in [-0.2, 0) is 40.0 Å². The lowest BCUT2D eigenvalue weighted by Crippen LogP contribution is -2.44. The molecule has 3 rings (SSSR count). The summed E-state index contributed by atoms with van der Waals surface area (Å²) in [6, 6.07) is 24.3. The molecular weight excluding hydrogens is 530 g/mol. The van der Waals surface area contributed by atoms with Crippen LogP contribution in [0.2, 0.25) is 18.1 Å². The number of hydrogen-bond acceptors (Lipinski definition) is 6. The van der Waals surface area contributed by atoms with Crippen molar-refractivity contribution in [2.24, 2.45) is 0 Å². The van der Waals surface area contributed by atoms with Crippen molar-refractivity contribution in [2.45, 2.75) is 84.0 Å². The molecule has 0 aliphatic carbocycles. The van der Waals surface area contributed by atoms with Gasteiger partial charge in [0.1, 0.15) is 12.4 Å². The lowest BCUT2D eigenvalue weighted by Gasteiger charge is -2.40. The number of nitrogens with one attached hydrogen (secondary N) is 1. The van der Waals surface area contributed by atoms with Gasteiger partial charge in [-0.25, -0.2) is 0 Å². The van der Waals surface area contributed by atoms with Crippen LogP contribution < -0.4 is 10.1 Å². The first-order valence-electron chi connectivity index (χ1n) is 14.4. The standard InChI is InChI=1S/C34H47NO5Si/c1-25(18-27-14-11-15-28(19-27)20-33(37)38-5)35-22-32(40-41(6,7)34(2,3)4)29-16-17-31(30(21-29)23-36)39-24-26-12-9-8-10-13-26/h8-17,19,21,25,32,35-36H,18,20,22-24H2,1-7H3/t25-,32+/m1/s1. The highest BCUT2D eigenvalue weighted by atomic mass is 28.4. The molecule has 3 aromatic rings. The van der Waals surface area contributed by atoms with Crippen LogP contribution >= 0.6 is 0 Å². The van der Waals surface area contributed by atoms with E-state index in [2.05, 4.69) is 64.3 Å². The predicted octanol–water partition coefficient (Wildman–Crippen LogP) is 6.76. The number of esters is 1. The predicted molar refractivity (Wildman–Crippen MR) is 167 cm³/mol. The van der Waals surface area contributed by atoms with Gasteiger partial charge in [0.2, 0.25) is 0 Å². The molecule has 0 aromatic heterocycles. The molecule has 0 amide bonds. The Morgan fingerprint density at radius 1 is 0.951 bits per heavy atom. The zero-order chi connectivity index (χ0) is 30.0. The third-order valence-corrected chi connectivity index (χ3v) is 12.4. The summed E-state index contributed by atoms with van der Waals surface area (Å²) < 4.78 is 17.8. The number of aliphatic hydroxyl groups excluding tert-OH is 1. The minimum absolute atomic E-state index is 0.0511. The van der Waals surface area contributed by atoms with Gasteiger partial charge in [-0.05, 0) is 65.9 Å². The molecule has 0 spiro atoms. The first-order chi connectivity index (χ1) is 19.4. The van der Waals surface area contributed by atoms with Gasteiger partial charge in [0.25, 0.3) is 0 Å². The van der Waals surface area contributed by atoms with E-state index in [4.69, 9.17) is 13.9 Å². The number of hydrogen-bond donors (Lipinski definition) is 2. The topological polar surface area (TPSA) is 77.0 Å².